The first kappa shape index (κ1) is 12.4. The molecule has 0 aromatic carbocycles. The molecule has 1 aliphatic rings. The van der Waals surface area contributed by atoms with E-state index >= 15 is 0 Å². The Morgan fingerprint density at radius 2 is 2.27 bits per heavy atom. The van der Waals surface area contributed by atoms with Crippen LogP contribution in [0.1, 0.15) is 26.2 Å². The molecule has 0 aromatic heterocycles. The van der Waals surface area contributed by atoms with Crippen molar-refractivity contribution in [2.45, 2.75) is 32.2 Å². The number of carbonyl (C=O) groups is 1. The molecule has 1 amide bonds. The molecule has 3 N–H and O–H groups in total. The molecule has 0 heterocycles. The number of rotatable bonds is 7. The van der Waals surface area contributed by atoms with Crippen molar-refractivity contribution >= 4 is 23.1 Å². The molecular weight excluding hydrogens is 210 g/mol. The van der Waals surface area contributed by atoms with E-state index in [1.807, 2.05) is 0 Å². The molecule has 5 heteroatoms. The quantitative estimate of drug-likeness (QED) is 0.615. The van der Waals surface area contributed by atoms with E-state index in [9.17, 15) is 4.79 Å². The Hall–Kier alpha value is -0.680. The highest BCUT2D eigenvalue weighted by molar-refractivity contribution is 7.80. The van der Waals surface area contributed by atoms with Crippen LogP contribution in [-0.4, -0.2) is 41.5 Å². The fraction of sp³-hybridized carbons (Fsp3) is 0.800. The molecule has 86 valence electrons. The van der Waals surface area contributed by atoms with Crippen molar-refractivity contribution in [1.82, 2.24) is 10.2 Å². The smallest absolute Gasteiger partial charge is 0.226 e. The summed E-state index contributed by atoms with van der Waals surface area (Å²) in [6.07, 6.45) is 2.76. The molecule has 1 aliphatic carbocycles. The first-order valence-corrected chi connectivity index (χ1v) is 5.83. The van der Waals surface area contributed by atoms with Gasteiger partial charge in [-0.15, -0.1) is 0 Å². The normalized spacial score (nSPS) is 15.3. The van der Waals surface area contributed by atoms with Crippen LogP contribution in [0, 0.1) is 0 Å². The Balaban J connectivity index is 2.08. The van der Waals surface area contributed by atoms with Gasteiger partial charge >= 0.3 is 0 Å². The zero-order valence-electron chi connectivity index (χ0n) is 9.16. The summed E-state index contributed by atoms with van der Waals surface area (Å²) < 4.78 is 0. The number of nitrogens with one attached hydrogen (secondary N) is 1. The molecule has 4 nitrogen and oxygen atoms in total. The molecule has 0 atom stereocenters. The van der Waals surface area contributed by atoms with Gasteiger partial charge in [-0.1, -0.05) is 19.1 Å². The first-order valence-electron chi connectivity index (χ1n) is 5.42. The number of likely N-dealkylation sites (N-methyl/N-ethyl adjacent to an activating group) is 1. The molecule has 1 saturated carbocycles. The summed E-state index contributed by atoms with van der Waals surface area (Å²) in [5.41, 5.74) is 5.27. The van der Waals surface area contributed by atoms with Crippen LogP contribution >= 0.6 is 12.2 Å². The summed E-state index contributed by atoms with van der Waals surface area (Å²) >= 11 is 4.65. The van der Waals surface area contributed by atoms with E-state index in [4.69, 9.17) is 5.73 Å². The van der Waals surface area contributed by atoms with Gasteiger partial charge in [0, 0.05) is 19.1 Å². The van der Waals surface area contributed by atoms with E-state index in [0.29, 0.717) is 6.54 Å². The zero-order chi connectivity index (χ0) is 11.3. The summed E-state index contributed by atoms with van der Waals surface area (Å²) in [7, 11) is 0. The maximum absolute atomic E-state index is 11.2. The van der Waals surface area contributed by atoms with E-state index in [0.717, 1.165) is 19.1 Å². The number of nitrogens with zero attached hydrogens (tertiary/aromatic N) is 1. The summed E-state index contributed by atoms with van der Waals surface area (Å²) in [4.78, 5) is 13.9. The molecule has 1 fully saturated rings. The van der Waals surface area contributed by atoms with Crippen LogP contribution in [0.2, 0.25) is 0 Å². The third-order valence-electron chi connectivity index (χ3n) is 2.53. The van der Waals surface area contributed by atoms with Crippen molar-refractivity contribution in [3.63, 3.8) is 0 Å². The van der Waals surface area contributed by atoms with Crippen LogP contribution in [-0.2, 0) is 4.79 Å². The van der Waals surface area contributed by atoms with Gasteiger partial charge in [-0.05, 0) is 19.4 Å². The van der Waals surface area contributed by atoms with E-state index in [2.05, 4.69) is 29.4 Å². The fourth-order valence-corrected chi connectivity index (χ4v) is 1.73. The lowest BCUT2D eigenvalue weighted by atomic mass is 10.4. The van der Waals surface area contributed by atoms with Gasteiger partial charge in [0.2, 0.25) is 5.91 Å². The van der Waals surface area contributed by atoms with Crippen LogP contribution in [0.15, 0.2) is 0 Å². The van der Waals surface area contributed by atoms with Crippen LogP contribution in [0.5, 0.6) is 0 Å². The molecule has 0 spiro atoms. The van der Waals surface area contributed by atoms with Gasteiger partial charge in [-0.3, -0.25) is 9.69 Å². The second kappa shape index (κ2) is 6.02. The molecule has 0 bridgehead atoms. The maximum Gasteiger partial charge on any atom is 0.226 e. The second-order valence-electron chi connectivity index (χ2n) is 3.85. The van der Waals surface area contributed by atoms with E-state index < -0.39 is 0 Å². The van der Waals surface area contributed by atoms with Crippen LogP contribution in [0.4, 0.5) is 0 Å². The van der Waals surface area contributed by atoms with Gasteiger partial charge in [-0.2, -0.15) is 0 Å². The molecule has 0 aliphatic heterocycles. The summed E-state index contributed by atoms with van der Waals surface area (Å²) in [6, 6.07) is 0.752. The van der Waals surface area contributed by atoms with Crippen molar-refractivity contribution < 1.29 is 4.79 Å². The Kier molecular flexibility index (Phi) is 4.98. The Morgan fingerprint density at radius 1 is 1.60 bits per heavy atom. The zero-order valence-corrected chi connectivity index (χ0v) is 9.98. The predicted octanol–water partition coefficient (Wildman–Crippen LogP) is 0.263. The van der Waals surface area contributed by atoms with Crippen molar-refractivity contribution in [2.24, 2.45) is 5.73 Å². The topological polar surface area (TPSA) is 58.4 Å². The van der Waals surface area contributed by atoms with Crippen molar-refractivity contribution in [2.75, 3.05) is 19.6 Å². The number of hydrogen-bond acceptors (Lipinski definition) is 3. The number of carbonyl (C=O) groups excluding carboxylic acids is 1. The third-order valence-corrected chi connectivity index (χ3v) is 2.67. The van der Waals surface area contributed by atoms with Gasteiger partial charge in [0.15, 0.2) is 0 Å². The van der Waals surface area contributed by atoms with Crippen LogP contribution in [0.25, 0.3) is 0 Å². The minimum Gasteiger partial charge on any atom is -0.393 e. The first-order chi connectivity index (χ1) is 7.13. The molecule has 0 unspecified atom stereocenters. The average Bonchev–Trinajstić information content (AvgIpc) is 2.94. The molecule has 0 radical (unpaired) electrons. The lowest BCUT2D eigenvalue weighted by Crippen LogP contribution is -2.37. The fourth-order valence-electron chi connectivity index (χ4n) is 1.60. The Labute approximate surface area is 96.2 Å². The number of amides is 1. The van der Waals surface area contributed by atoms with Crippen LogP contribution < -0.4 is 11.1 Å². The standard InChI is InChI=1S/C10H19N3OS/c1-2-13(8-3-4-8)6-5-12-10(14)7-9(11)15/h8H,2-7H2,1H3,(H2,11,15)(H,12,14). The van der Waals surface area contributed by atoms with Gasteiger partial charge < -0.3 is 11.1 Å². The minimum atomic E-state index is -0.0747. The number of thiocarbonyl (C=S) groups is 1. The summed E-state index contributed by atoms with van der Waals surface area (Å²) in [5.74, 6) is -0.0747. The molecule has 0 saturated heterocycles. The molecule has 0 aromatic rings. The highest BCUT2D eigenvalue weighted by Gasteiger charge is 2.27. The van der Waals surface area contributed by atoms with Crippen molar-refractivity contribution in [1.29, 1.82) is 0 Å². The SMILES string of the molecule is CCN(CCNC(=O)CC(N)=S)C1CC1. The van der Waals surface area contributed by atoms with Crippen LogP contribution in [0.3, 0.4) is 0 Å². The van der Waals surface area contributed by atoms with E-state index in [1.54, 1.807) is 0 Å². The molecule has 1 rings (SSSR count). The van der Waals surface area contributed by atoms with E-state index in [-0.39, 0.29) is 17.3 Å². The summed E-state index contributed by atoms with van der Waals surface area (Å²) in [6.45, 7) is 4.81. The summed E-state index contributed by atoms with van der Waals surface area (Å²) in [5, 5.41) is 2.81. The van der Waals surface area contributed by atoms with Crippen molar-refractivity contribution in [3.05, 3.63) is 0 Å². The lowest BCUT2D eigenvalue weighted by molar-refractivity contribution is -0.119. The van der Waals surface area contributed by atoms with Gasteiger partial charge in [0.05, 0.1) is 11.4 Å². The van der Waals surface area contributed by atoms with E-state index in [1.165, 1.54) is 12.8 Å². The maximum atomic E-state index is 11.2. The minimum absolute atomic E-state index is 0.0747. The largest absolute Gasteiger partial charge is 0.393 e. The highest BCUT2D eigenvalue weighted by Crippen LogP contribution is 2.25. The predicted molar refractivity (Wildman–Crippen MR) is 64.7 cm³/mol. The van der Waals surface area contributed by atoms with Gasteiger partial charge in [0.1, 0.15) is 0 Å². The number of hydrogen-bond donors (Lipinski definition) is 2. The average molecular weight is 229 g/mol. The highest BCUT2D eigenvalue weighted by atomic mass is 32.1. The third kappa shape index (κ3) is 5.09. The molecule has 15 heavy (non-hydrogen) atoms. The van der Waals surface area contributed by atoms with Gasteiger partial charge in [-0.25, -0.2) is 0 Å². The Morgan fingerprint density at radius 3 is 2.73 bits per heavy atom. The Bertz CT molecular complexity index is 241. The monoisotopic (exact) mass is 229 g/mol. The van der Waals surface area contributed by atoms with Gasteiger partial charge in [0.25, 0.3) is 0 Å². The lowest BCUT2D eigenvalue weighted by Gasteiger charge is -2.19. The number of nitrogens with two attached hydrogens (primary N) is 1. The van der Waals surface area contributed by atoms with Crippen molar-refractivity contribution in [3.8, 4) is 0 Å². The second-order valence-corrected chi connectivity index (χ2v) is 4.38. The molecular formula is C10H19N3OS.